The molecule has 1 aliphatic rings. The van der Waals surface area contributed by atoms with Crippen molar-refractivity contribution >= 4 is 38.0 Å². The van der Waals surface area contributed by atoms with Crippen LogP contribution in [-0.4, -0.2) is 54.0 Å². The van der Waals surface area contributed by atoms with Crippen molar-refractivity contribution in [2.24, 2.45) is 10.2 Å². The van der Waals surface area contributed by atoms with Gasteiger partial charge in [0.25, 0.3) is 5.69 Å². The van der Waals surface area contributed by atoms with Crippen molar-refractivity contribution in [3.8, 4) is 5.88 Å². The number of benzene rings is 2. The number of sulfonamides is 1. The van der Waals surface area contributed by atoms with Crippen molar-refractivity contribution in [2.75, 3.05) is 26.3 Å². The molecule has 0 atom stereocenters. The number of aromatic nitrogens is 1. The molecule has 2 heterocycles. The number of hydrogen-bond donors (Lipinski definition) is 2. The number of nitro benzene ring substituents is 1. The molecule has 1 saturated heterocycles. The van der Waals surface area contributed by atoms with Crippen LogP contribution in [0.15, 0.2) is 45.5 Å². The van der Waals surface area contributed by atoms with E-state index in [0.717, 1.165) is 23.3 Å². The first-order valence-electron chi connectivity index (χ1n) is 9.78. The first kappa shape index (κ1) is 21.9. The van der Waals surface area contributed by atoms with Gasteiger partial charge >= 0.3 is 0 Å². The van der Waals surface area contributed by atoms with Crippen molar-refractivity contribution in [3.63, 3.8) is 0 Å². The zero-order chi connectivity index (χ0) is 23.0. The van der Waals surface area contributed by atoms with Crippen LogP contribution in [0.25, 0.3) is 10.9 Å². The van der Waals surface area contributed by atoms with E-state index in [2.05, 4.69) is 15.2 Å². The molecule has 0 bridgehead atoms. The fraction of sp³-hybridized carbons (Fsp3) is 0.300. The molecule has 2 N–H and O–H groups in total. The Morgan fingerprint density at radius 3 is 2.56 bits per heavy atom. The first-order valence-corrected chi connectivity index (χ1v) is 11.2. The smallest absolute Gasteiger partial charge is 0.270 e. The Labute approximate surface area is 183 Å². The molecule has 1 fully saturated rings. The van der Waals surface area contributed by atoms with Crippen LogP contribution in [0.1, 0.15) is 11.1 Å². The maximum Gasteiger partial charge on any atom is 0.270 e. The van der Waals surface area contributed by atoms with Gasteiger partial charge in [0.05, 0.1) is 23.7 Å². The molecule has 0 aliphatic carbocycles. The minimum absolute atomic E-state index is 0.0692. The average Bonchev–Trinajstić information content (AvgIpc) is 3.08. The highest BCUT2D eigenvalue weighted by Gasteiger charge is 2.30. The van der Waals surface area contributed by atoms with Crippen molar-refractivity contribution in [3.05, 3.63) is 51.6 Å². The molecule has 4 rings (SSSR count). The van der Waals surface area contributed by atoms with E-state index < -0.39 is 14.9 Å². The molecule has 0 amide bonds. The van der Waals surface area contributed by atoms with Crippen LogP contribution >= 0.6 is 0 Å². The minimum atomic E-state index is -4.08. The normalized spacial score (nSPS) is 15.6. The summed E-state index contributed by atoms with van der Waals surface area (Å²) in [7, 11) is -4.08. The van der Waals surface area contributed by atoms with E-state index in [1.165, 1.54) is 10.4 Å². The third kappa shape index (κ3) is 3.95. The fourth-order valence-electron chi connectivity index (χ4n) is 3.66. The summed E-state index contributed by atoms with van der Waals surface area (Å²) in [4.78, 5) is 13.1. The lowest BCUT2D eigenvalue weighted by Crippen LogP contribution is -2.40. The third-order valence-corrected chi connectivity index (χ3v) is 7.13. The number of azo groups is 1. The molecule has 168 valence electrons. The second kappa shape index (κ2) is 8.30. The number of non-ortho nitro benzene ring substituents is 1. The molecular weight excluding hydrogens is 438 g/mol. The van der Waals surface area contributed by atoms with Gasteiger partial charge in [0.1, 0.15) is 10.6 Å². The maximum atomic E-state index is 13.2. The highest BCUT2D eigenvalue weighted by Crippen LogP contribution is 2.39. The summed E-state index contributed by atoms with van der Waals surface area (Å²) in [5.41, 5.74) is 2.25. The number of nitrogens with zero attached hydrogens (tertiary/aromatic N) is 4. The van der Waals surface area contributed by atoms with E-state index >= 15 is 0 Å². The summed E-state index contributed by atoms with van der Waals surface area (Å²) >= 11 is 0. The quantitative estimate of drug-likeness (QED) is 0.336. The van der Waals surface area contributed by atoms with Gasteiger partial charge in [0.2, 0.25) is 15.9 Å². The molecule has 2 aromatic carbocycles. The minimum Gasteiger partial charge on any atom is -0.493 e. The molecule has 0 spiro atoms. The number of H-pyrrole nitrogens is 1. The summed E-state index contributed by atoms with van der Waals surface area (Å²) in [6.07, 6.45) is 0. The highest BCUT2D eigenvalue weighted by atomic mass is 32.2. The van der Waals surface area contributed by atoms with Gasteiger partial charge in [0.15, 0.2) is 5.69 Å². The van der Waals surface area contributed by atoms with Gasteiger partial charge in [-0.25, -0.2) is 8.42 Å². The van der Waals surface area contributed by atoms with Gasteiger partial charge in [-0.1, -0.05) is 11.6 Å². The van der Waals surface area contributed by atoms with Gasteiger partial charge < -0.3 is 14.8 Å². The second-order valence-electron chi connectivity index (χ2n) is 7.45. The van der Waals surface area contributed by atoms with Crippen LogP contribution in [-0.2, 0) is 14.8 Å². The number of fused-ring (bicyclic) bond motifs is 1. The Kier molecular flexibility index (Phi) is 5.67. The predicted molar refractivity (Wildman–Crippen MR) is 116 cm³/mol. The molecule has 32 heavy (non-hydrogen) atoms. The standard InChI is InChI=1S/C20H21N5O6S/c1-12-9-13(2)18-15(10-12)19(20(26)21-18)23-22-16-4-3-14(25(27)28)11-17(16)32(29,30)24-5-7-31-8-6-24/h3-4,9-11,21,26H,5-8H2,1-2H3. The number of hydrogen-bond acceptors (Lipinski definition) is 8. The van der Waals surface area contributed by atoms with Crippen LogP contribution in [0.4, 0.5) is 17.1 Å². The van der Waals surface area contributed by atoms with Crippen molar-refractivity contribution in [2.45, 2.75) is 18.7 Å². The van der Waals surface area contributed by atoms with Crippen molar-refractivity contribution in [1.29, 1.82) is 0 Å². The molecule has 11 nitrogen and oxygen atoms in total. The SMILES string of the molecule is Cc1cc(C)c2[nH]c(O)c(N=Nc3ccc([N+](=O)[O-])cc3S(=O)(=O)N3CCOCC3)c2c1. The number of aromatic hydroxyl groups is 1. The molecule has 1 aliphatic heterocycles. The zero-order valence-electron chi connectivity index (χ0n) is 17.4. The summed E-state index contributed by atoms with van der Waals surface area (Å²) in [5, 5.41) is 30.4. The highest BCUT2D eigenvalue weighted by molar-refractivity contribution is 7.89. The summed E-state index contributed by atoms with van der Waals surface area (Å²) in [5.74, 6) is -0.211. The molecule has 1 aromatic heterocycles. The van der Waals surface area contributed by atoms with Gasteiger partial charge in [0, 0.05) is 30.6 Å². The number of nitrogens with one attached hydrogen (secondary N) is 1. The van der Waals surface area contributed by atoms with E-state index in [-0.39, 0.29) is 54.1 Å². The Balaban J connectivity index is 1.83. The van der Waals surface area contributed by atoms with Gasteiger partial charge in [-0.2, -0.15) is 4.31 Å². The number of aromatic amines is 1. The van der Waals surface area contributed by atoms with Crippen LogP contribution < -0.4 is 0 Å². The lowest BCUT2D eigenvalue weighted by molar-refractivity contribution is -0.385. The van der Waals surface area contributed by atoms with E-state index in [1.807, 2.05) is 26.0 Å². The number of rotatable bonds is 5. The molecule has 0 radical (unpaired) electrons. The predicted octanol–water partition coefficient (Wildman–Crippen LogP) is 3.83. The second-order valence-corrected chi connectivity index (χ2v) is 9.36. The summed E-state index contributed by atoms with van der Waals surface area (Å²) < 4.78 is 32.8. The van der Waals surface area contributed by atoms with E-state index in [9.17, 15) is 23.6 Å². The Bertz CT molecular complexity index is 1340. The van der Waals surface area contributed by atoms with Gasteiger partial charge in [-0.15, -0.1) is 10.2 Å². The molecule has 0 unspecified atom stereocenters. The van der Waals surface area contributed by atoms with Crippen molar-refractivity contribution in [1.82, 2.24) is 9.29 Å². The van der Waals surface area contributed by atoms with E-state index in [0.29, 0.717) is 10.9 Å². The Morgan fingerprint density at radius 2 is 1.88 bits per heavy atom. The van der Waals surface area contributed by atoms with Gasteiger partial charge in [-0.05, 0) is 31.5 Å². The van der Waals surface area contributed by atoms with Crippen LogP contribution in [0, 0.1) is 24.0 Å². The zero-order valence-corrected chi connectivity index (χ0v) is 18.2. The number of ether oxygens (including phenoxy) is 1. The van der Waals surface area contributed by atoms with Crippen LogP contribution in [0.3, 0.4) is 0 Å². The first-order chi connectivity index (χ1) is 15.2. The third-order valence-electron chi connectivity index (χ3n) is 5.20. The number of aryl methyl sites for hydroxylation is 2. The lowest BCUT2D eigenvalue weighted by atomic mass is 10.1. The molecular formula is C20H21N5O6S. The summed E-state index contributed by atoms with van der Waals surface area (Å²) in [6, 6.07) is 7.15. The Hall–Kier alpha value is -3.35. The summed E-state index contributed by atoms with van der Waals surface area (Å²) in [6.45, 7) is 4.50. The Morgan fingerprint density at radius 1 is 1.16 bits per heavy atom. The average molecular weight is 459 g/mol. The van der Waals surface area contributed by atoms with E-state index in [1.54, 1.807) is 0 Å². The van der Waals surface area contributed by atoms with Crippen molar-refractivity contribution < 1.29 is 23.2 Å². The maximum absolute atomic E-state index is 13.2. The van der Waals surface area contributed by atoms with Crippen LogP contribution in [0.2, 0.25) is 0 Å². The largest absolute Gasteiger partial charge is 0.493 e. The van der Waals surface area contributed by atoms with E-state index in [4.69, 9.17) is 4.74 Å². The molecule has 0 saturated carbocycles. The monoisotopic (exact) mass is 459 g/mol. The lowest BCUT2D eigenvalue weighted by Gasteiger charge is -2.26. The number of nitro groups is 1. The van der Waals surface area contributed by atoms with Crippen LogP contribution in [0.5, 0.6) is 5.88 Å². The molecule has 12 heteroatoms. The molecule has 3 aromatic rings. The number of morpholine rings is 1. The van der Waals surface area contributed by atoms with Gasteiger partial charge in [-0.3, -0.25) is 10.1 Å². The topological polar surface area (TPSA) is 150 Å². The fourth-order valence-corrected chi connectivity index (χ4v) is 5.21.